The van der Waals surface area contributed by atoms with E-state index in [1.54, 1.807) is 24.5 Å². The highest BCUT2D eigenvalue weighted by Gasteiger charge is 2.46. The van der Waals surface area contributed by atoms with Gasteiger partial charge in [-0.1, -0.05) is 36.2 Å². The minimum absolute atomic E-state index is 0.0527. The maximum atomic E-state index is 12.8. The maximum Gasteiger partial charge on any atom is 0.295 e. The quantitative estimate of drug-likeness (QED) is 0.444. The smallest absolute Gasteiger partial charge is 0.295 e. The first-order chi connectivity index (χ1) is 13.4. The molecule has 1 fully saturated rings. The minimum atomic E-state index is -0.780. The fraction of sp³-hybridized carbons (Fsp3) is 0.250. The normalized spacial score (nSPS) is 18.6. The molecule has 2 heterocycles. The standard InChI is InChI=1S/C20H18Cl2N2O4/c1-3-7-24-16(11-5-4-6-23-10-11)15(18(26)20(24)27)17(25)13-8-12(21)9-14(22)19(13)28-2/h4-6,8-10,16,25H,3,7H2,1-2H3/b17-15+. The number of ketones is 1. The van der Waals surface area contributed by atoms with Crippen molar-refractivity contribution in [3.05, 3.63) is 63.4 Å². The molecule has 1 atom stereocenters. The van der Waals surface area contributed by atoms with E-state index in [0.29, 0.717) is 18.5 Å². The summed E-state index contributed by atoms with van der Waals surface area (Å²) in [6.07, 6.45) is 3.81. The average molecular weight is 421 g/mol. The first-order valence-corrected chi connectivity index (χ1v) is 9.38. The van der Waals surface area contributed by atoms with Gasteiger partial charge in [0.05, 0.1) is 29.3 Å². The van der Waals surface area contributed by atoms with Crippen molar-refractivity contribution in [1.29, 1.82) is 0 Å². The highest BCUT2D eigenvalue weighted by atomic mass is 35.5. The fourth-order valence-electron chi connectivity index (χ4n) is 3.32. The molecule has 1 N–H and O–H groups in total. The molecule has 6 nitrogen and oxygen atoms in total. The number of aliphatic hydroxyl groups excluding tert-OH is 1. The van der Waals surface area contributed by atoms with Crippen LogP contribution < -0.4 is 4.74 Å². The lowest BCUT2D eigenvalue weighted by Gasteiger charge is -2.24. The third-order valence-corrected chi connectivity index (χ3v) is 4.97. The number of halogens is 2. The van der Waals surface area contributed by atoms with E-state index in [4.69, 9.17) is 27.9 Å². The molecule has 0 spiro atoms. The van der Waals surface area contributed by atoms with Gasteiger partial charge in [-0.05, 0) is 30.2 Å². The predicted molar refractivity (Wildman–Crippen MR) is 107 cm³/mol. The Hall–Kier alpha value is -2.57. The molecule has 146 valence electrons. The Morgan fingerprint density at radius 3 is 2.68 bits per heavy atom. The lowest BCUT2D eigenvalue weighted by Crippen LogP contribution is -2.30. The van der Waals surface area contributed by atoms with Crippen LogP contribution in [0.15, 0.2) is 42.2 Å². The van der Waals surface area contributed by atoms with E-state index in [2.05, 4.69) is 4.98 Å². The van der Waals surface area contributed by atoms with Gasteiger partial charge in [0.15, 0.2) is 0 Å². The monoisotopic (exact) mass is 420 g/mol. The zero-order valence-electron chi connectivity index (χ0n) is 15.3. The van der Waals surface area contributed by atoms with E-state index in [-0.39, 0.29) is 26.9 Å². The second-order valence-corrected chi connectivity index (χ2v) is 7.09. The number of hydrogen-bond acceptors (Lipinski definition) is 5. The van der Waals surface area contributed by atoms with E-state index in [1.807, 2.05) is 6.92 Å². The van der Waals surface area contributed by atoms with Crippen molar-refractivity contribution in [3.8, 4) is 5.75 Å². The molecule has 1 aromatic heterocycles. The number of benzene rings is 1. The number of amides is 1. The van der Waals surface area contributed by atoms with Crippen LogP contribution in [0.3, 0.4) is 0 Å². The van der Waals surface area contributed by atoms with Crippen molar-refractivity contribution < 1.29 is 19.4 Å². The van der Waals surface area contributed by atoms with E-state index in [1.165, 1.54) is 24.1 Å². The lowest BCUT2D eigenvalue weighted by atomic mass is 9.96. The zero-order valence-corrected chi connectivity index (χ0v) is 16.8. The molecule has 2 aromatic rings. The molecule has 1 amide bonds. The Morgan fingerprint density at radius 1 is 1.32 bits per heavy atom. The summed E-state index contributed by atoms with van der Waals surface area (Å²) < 4.78 is 5.28. The number of likely N-dealkylation sites (tertiary alicyclic amines) is 1. The van der Waals surface area contributed by atoms with E-state index < -0.39 is 23.5 Å². The number of aromatic nitrogens is 1. The van der Waals surface area contributed by atoms with E-state index in [0.717, 1.165) is 0 Å². The van der Waals surface area contributed by atoms with Crippen molar-refractivity contribution in [2.24, 2.45) is 0 Å². The minimum Gasteiger partial charge on any atom is -0.507 e. The molecule has 8 heteroatoms. The number of nitrogens with zero attached hydrogens (tertiary/aromatic N) is 2. The Labute approximate surface area is 172 Å². The van der Waals surface area contributed by atoms with Gasteiger partial charge >= 0.3 is 0 Å². The van der Waals surface area contributed by atoms with Crippen molar-refractivity contribution in [3.63, 3.8) is 0 Å². The number of hydrogen-bond donors (Lipinski definition) is 1. The van der Waals surface area contributed by atoms with Gasteiger partial charge in [0, 0.05) is 24.0 Å². The van der Waals surface area contributed by atoms with Gasteiger partial charge in [-0.15, -0.1) is 0 Å². The molecule has 3 rings (SSSR count). The van der Waals surface area contributed by atoms with Gasteiger partial charge in [-0.2, -0.15) is 0 Å². The average Bonchev–Trinajstić information content (AvgIpc) is 2.93. The topological polar surface area (TPSA) is 79.7 Å². The number of Topliss-reactive ketones (excluding diaryl/α,β-unsaturated/α-hetero) is 1. The highest BCUT2D eigenvalue weighted by molar-refractivity contribution is 6.46. The molecule has 1 saturated heterocycles. The van der Waals surface area contributed by atoms with Crippen molar-refractivity contribution in [2.75, 3.05) is 13.7 Å². The summed E-state index contributed by atoms with van der Waals surface area (Å²) in [4.78, 5) is 31.0. The second-order valence-electron chi connectivity index (χ2n) is 6.25. The van der Waals surface area contributed by atoms with Crippen LogP contribution in [0.1, 0.15) is 30.5 Å². The van der Waals surface area contributed by atoms with Gasteiger partial charge < -0.3 is 14.7 Å². The molecule has 0 radical (unpaired) electrons. The molecular formula is C20H18Cl2N2O4. The SMILES string of the molecule is CCCN1C(=O)C(=O)/C(=C(/O)c2cc(Cl)cc(Cl)c2OC)C1c1cccnc1. The van der Waals surface area contributed by atoms with Crippen LogP contribution in [0.25, 0.3) is 5.76 Å². The fourth-order valence-corrected chi connectivity index (χ4v) is 3.90. The van der Waals surface area contributed by atoms with Gasteiger partial charge in [0.25, 0.3) is 11.7 Å². The molecule has 1 unspecified atom stereocenters. The Kier molecular flexibility index (Phi) is 5.91. The van der Waals surface area contributed by atoms with Gasteiger partial charge in [0.1, 0.15) is 11.5 Å². The first-order valence-electron chi connectivity index (χ1n) is 8.62. The summed E-state index contributed by atoms with van der Waals surface area (Å²) in [5, 5.41) is 11.5. The first kappa shape index (κ1) is 20.2. The van der Waals surface area contributed by atoms with Crippen LogP contribution in [0.5, 0.6) is 5.75 Å². The van der Waals surface area contributed by atoms with Crippen LogP contribution in [-0.4, -0.2) is 40.3 Å². The summed E-state index contributed by atoms with van der Waals surface area (Å²) in [7, 11) is 1.39. The Morgan fingerprint density at radius 2 is 2.07 bits per heavy atom. The summed E-state index contributed by atoms with van der Waals surface area (Å²) in [6.45, 7) is 2.26. The van der Waals surface area contributed by atoms with Crippen LogP contribution in [0.4, 0.5) is 0 Å². The van der Waals surface area contributed by atoms with E-state index >= 15 is 0 Å². The molecule has 1 aliphatic rings. The van der Waals surface area contributed by atoms with Gasteiger partial charge in [-0.3, -0.25) is 14.6 Å². The Bertz CT molecular complexity index is 960. The molecule has 0 bridgehead atoms. The Balaban J connectivity index is 2.27. The number of rotatable bonds is 5. The van der Waals surface area contributed by atoms with E-state index in [9.17, 15) is 14.7 Å². The summed E-state index contributed by atoms with van der Waals surface area (Å²) >= 11 is 12.2. The van der Waals surface area contributed by atoms with Gasteiger partial charge in [-0.25, -0.2) is 0 Å². The van der Waals surface area contributed by atoms with Crippen molar-refractivity contribution in [1.82, 2.24) is 9.88 Å². The molecule has 0 aliphatic carbocycles. The molecular weight excluding hydrogens is 403 g/mol. The van der Waals surface area contributed by atoms with Crippen LogP contribution in [0.2, 0.25) is 10.0 Å². The molecule has 0 saturated carbocycles. The van der Waals surface area contributed by atoms with Crippen LogP contribution in [0, 0.1) is 0 Å². The summed E-state index contributed by atoms with van der Waals surface area (Å²) in [5.74, 6) is -1.69. The number of methoxy groups -OCH3 is 1. The third-order valence-electron chi connectivity index (χ3n) is 4.47. The number of pyridine rings is 1. The molecule has 1 aromatic carbocycles. The number of carbonyl (C=O) groups excluding carboxylic acids is 2. The van der Waals surface area contributed by atoms with Crippen LogP contribution >= 0.6 is 23.2 Å². The van der Waals surface area contributed by atoms with Crippen molar-refractivity contribution >= 4 is 40.7 Å². The van der Waals surface area contributed by atoms with Gasteiger partial charge in [0.2, 0.25) is 0 Å². The molecule has 28 heavy (non-hydrogen) atoms. The second kappa shape index (κ2) is 8.20. The zero-order chi connectivity index (χ0) is 20.4. The van der Waals surface area contributed by atoms with Crippen molar-refractivity contribution in [2.45, 2.75) is 19.4 Å². The summed E-state index contributed by atoms with van der Waals surface area (Å²) in [5.41, 5.74) is 0.704. The molecule has 1 aliphatic heterocycles. The number of ether oxygens (including phenoxy) is 1. The largest absolute Gasteiger partial charge is 0.507 e. The van der Waals surface area contributed by atoms with Crippen LogP contribution in [-0.2, 0) is 9.59 Å². The highest BCUT2D eigenvalue weighted by Crippen LogP contribution is 2.43. The third kappa shape index (κ3) is 3.45. The maximum absolute atomic E-state index is 12.8. The number of aliphatic hydroxyl groups is 1. The lowest BCUT2D eigenvalue weighted by molar-refractivity contribution is -0.139. The predicted octanol–water partition coefficient (Wildman–Crippen LogP) is 4.23. The summed E-state index contributed by atoms with van der Waals surface area (Å²) in [6, 6.07) is 5.60. The number of carbonyl (C=O) groups is 2.